The van der Waals surface area contributed by atoms with E-state index < -0.39 is 0 Å². The van der Waals surface area contributed by atoms with E-state index in [4.69, 9.17) is 4.74 Å². The monoisotopic (exact) mass is 424 g/mol. The van der Waals surface area contributed by atoms with Crippen molar-refractivity contribution in [2.45, 2.75) is 31.7 Å². The molecule has 1 atom stereocenters. The molecule has 0 bridgehead atoms. The number of aliphatic imine (C=N–C) groups is 1. The van der Waals surface area contributed by atoms with Crippen LogP contribution in [0.3, 0.4) is 0 Å². The summed E-state index contributed by atoms with van der Waals surface area (Å²) < 4.78 is 7.15. The van der Waals surface area contributed by atoms with Gasteiger partial charge in [0.05, 0.1) is 13.3 Å². The average Bonchev–Trinajstić information content (AvgIpc) is 3.45. The Labute approximate surface area is 186 Å². The maximum absolute atomic E-state index is 5.26. The molecule has 168 valence electrons. The lowest BCUT2D eigenvalue weighted by atomic mass is 9.96. The van der Waals surface area contributed by atoms with Crippen LogP contribution >= 0.6 is 0 Å². The van der Waals surface area contributed by atoms with Gasteiger partial charge in [-0.1, -0.05) is 12.1 Å². The largest absolute Gasteiger partial charge is 0.497 e. The number of nitrogens with one attached hydrogen (secondary N) is 1. The standard InChI is InChI=1S/C24H36N6O/c1-25-24(30-13-10-21(18-30)22-15-27-28(2)17-22)26-14-19-8-11-29(12-9-19)16-20-4-6-23(31-3)7-5-20/h4-7,15,17,19,21H,8-14,16,18H2,1-3H3,(H,25,26). The van der Waals surface area contributed by atoms with Gasteiger partial charge in [-0.15, -0.1) is 0 Å². The van der Waals surface area contributed by atoms with Crippen molar-refractivity contribution in [3.8, 4) is 5.75 Å². The van der Waals surface area contributed by atoms with Crippen LogP contribution in [0.5, 0.6) is 5.75 Å². The summed E-state index contributed by atoms with van der Waals surface area (Å²) in [5, 5.41) is 7.99. The van der Waals surface area contributed by atoms with Gasteiger partial charge in [-0.2, -0.15) is 5.10 Å². The van der Waals surface area contributed by atoms with Gasteiger partial charge in [-0.3, -0.25) is 14.6 Å². The highest BCUT2D eigenvalue weighted by molar-refractivity contribution is 5.80. The van der Waals surface area contributed by atoms with E-state index in [1.165, 1.54) is 24.0 Å². The molecule has 4 rings (SSSR count). The molecule has 2 aliphatic rings. The summed E-state index contributed by atoms with van der Waals surface area (Å²) in [7, 11) is 5.60. The normalized spacial score (nSPS) is 20.9. The Morgan fingerprint density at radius 3 is 2.58 bits per heavy atom. The lowest BCUT2D eigenvalue weighted by molar-refractivity contribution is 0.177. The van der Waals surface area contributed by atoms with Crippen LogP contribution in [0.2, 0.25) is 0 Å². The summed E-state index contributed by atoms with van der Waals surface area (Å²) >= 11 is 0. The molecule has 2 aliphatic heterocycles. The minimum atomic E-state index is 0.549. The van der Waals surface area contributed by atoms with E-state index >= 15 is 0 Å². The number of guanidine groups is 1. The van der Waals surface area contributed by atoms with Crippen molar-refractivity contribution in [2.24, 2.45) is 18.0 Å². The van der Waals surface area contributed by atoms with Crippen LogP contribution in [-0.2, 0) is 13.6 Å². The molecule has 2 saturated heterocycles. The molecule has 1 aromatic carbocycles. The second-order valence-corrected chi connectivity index (χ2v) is 8.87. The molecule has 1 N–H and O–H groups in total. The highest BCUT2D eigenvalue weighted by atomic mass is 16.5. The zero-order valence-electron chi connectivity index (χ0n) is 19.1. The molecule has 1 unspecified atom stereocenters. The minimum absolute atomic E-state index is 0.549. The first kappa shape index (κ1) is 21.7. The van der Waals surface area contributed by atoms with Crippen molar-refractivity contribution in [1.29, 1.82) is 0 Å². The molecular weight excluding hydrogens is 388 g/mol. The van der Waals surface area contributed by atoms with E-state index in [1.54, 1.807) is 7.11 Å². The van der Waals surface area contributed by atoms with Crippen molar-refractivity contribution in [3.05, 3.63) is 47.8 Å². The molecule has 0 radical (unpaired) electrons. The van der Waals surface area contributed by atoms with Gasteiger partial charge >= 0.3 is 0 Å². The molecule has 7 nitrogen and oxygen atoms in total. The van der Waals surface area contributed by atoms with Gasteiger partial charge < -0.3 is 15.0 Å². The Morgan fingerprint density at radius 1 is 1.16 bits per heavy atom. The van der Waals surface area contributed by atoms with E-state index in [0.29, 0.717) is 11.8 Å². The van der Waals surface area contributed by atoms with Crippen LogP contribution in [0.4, 0.5) is 0 Å². The fourth-order valence-electron chi connectivity index (χ4n) is 4.78. The van der Waals surface area contributed by atoms with Gasteiger partial charge in [-0.25, -0.2) is 0 Å². The Morgan fingerprint density at radius 2 is 1.94 bits per heavy atom. The number of likely N-dealkylation sites (tertiary alicyclic amines) is 2. The molecule has 31 heavy (non-hydrogen) atoms. The predicted octanol–water partition coefficient (Wildman–Crippen LogP) is 2.71. The topological polar surface area (TPSA) is 57.9 Å². The van der Waals surface area contributed by atoms with E-state index in [1.807, 2.05) is 25.0 Å². The SMILES string of the molecule is CN=C(NCC1CCN(Cc2ccc(OC)cc2)CC1)N1CCC(c2cnn(C)c2)C1. The summed E-state index contributed by atoms with van der Waals surface area (Å²) in [6.45, 7) is 6.42. The first-order chi connectivity index (χ1) is 15.1. The smallest absolute Gasteiger partial charge is 0.193 e. The zero-order valence-corrected chi connectivity index (χ0v) is 19.1. The number of hydrogen-bond acceptors (Lipinski definition) is 4. The molecule has 0 amide bonds. The van der Waals surface area contributed by atoms with Gasteiger partial charge in [0.25, 0.3) is 0 Å². The minimum Gasteiger partial charge on any atom is -0.497 e. The Bertz CT molecular complexity index is 853. The summed E-state index contributed by atoms with van der Waals surface area (Å²) in [6.07, 6.45) is 7.78. The molecule has 2 fully saturated rings. The van der Waals surface area contributed by atoms with Gasteiger partial charge in [0.1, 0.15) is 5.75 Å². The second-order valence-electron chi connectivity index (χ2n) is 8.87. The fourth-order valence-corrected chi connectivity index (χ4v) is 4.78. The number of piperidine rings is 1. The Balaban J connectivity index is 1.19. The maximum Gasteiger partial charge on any atom is 0.193 e. The molecule has 0 aliphatic carbocycles. The fraction of sp³-hybridized carbons (Fsp3) is 0.583. The van der Waals surface area contributed by atoms with Crippen molar-refractivity contribution < 1.29 is 4.74 Å². The van der Waals surface area contributed by atoms with Crippen LogP contribution < -0.4 is 10.1 Å². The summed E-state index contributed by atoms with van der Waals surface area (Å²) in [6, 6.07) is 8.44. The van der Waals surface area contributed by atoms with Crippen LogP contribution in [0, 0.1) is 5.92 Å². The molecule has 0 spiro atoms. The van der Waals surface area contributed by atoms with Crippen LogP contribution in [0.25, 0.3) is 0 Å². The second kappa shape index (κ2) is 10.2. The van der Waals surface area contributed by atoms with Crippen LogP contribution in [-0.4, -0.2) is 72.4 Å². The quantitative estimate of drug-likeness (QED) is 0.571. The number of benzene rings is 1. The number of aryl methyl sites for hydroxylation is 1. The number of rotatable bonds is 6. The highest BCUT2D eigenvalue weighted by Crippen LogP contribution is 2.27. The molecular formula is C24H36N6O. The first-order valence-corrected chi connectivity index (χ1v) is 11.4. The molecule has 3 heterocycles. The Kier molecular flexibility index (Phi) is 7.12. The lowest BCUT2D eigenvalue weighted by Gasteiger charge is -2.33. The van der Waals surface area contributed by atoms with Crippen molar-refractivity contribution in [1.82, 2.24) is 24.9 Å². The van der Waals surface area contributed by atoms with Gasteiger partial charge in [0.15, 0.2) is 5.96 Å². The maximum atomic E-state index is 5.26. The van der Waals surface area contributed by atoms with E-state index in [0.717, 1.165) is 57.4 Å². The number of nitrogens with zero attached hydrogens (tertiary/aromatic N) is 5. The van der Waals surface area contributed by atoms with Crippen molar-refractivity contribution in [3.63, 3.8) is 0 Å². The van der Waals surface area contributed by atoms with E-state index in [2.05, 4.69) is 55.7 Å². The molecule has 1 aromatic heterocycles. The third-order valence-electron chi connectivity index (χ3n) is 6.72. The summed E-state index contributed by atoms with van der Waals surface area (Å²) in [4.78, 5) is 9.52. The van der Waals surface area contributed by atoms with Crippen molar-refractivity contribution in [2.75, 3.05) is 46.9 Å². The Hall–Kier alpha value is -2.54. The molecule has 0 saturated carbocycles. The average molecular weight is 425 g/mol. The lowest BCUT2D eigenvalue weighted by Crippen LogP contribution is -2.44. The van der Waals surface area contributed by atoms with E-state index in [-0.39, 0.29) is 0 Å². The van der Waals surface area contributed by atoms with E-state index in [9.17, 15) is 0 Å². The van der Waals surface area contributed by atoms with Crippen molar-refractivity contribution >= 4 is 5.96 Å². The number of aromatic nitrogens is 2. The van der Waals surface area contributed by atoms with Gasteiger partial charge in [0, 0.05) is 52.4 Å². The number of methoxy groups -OCH3 is 1. The highest BCUT2D eigenvalue weighted by Gasteiger charge is 2.27. The third-order valence-corrected chi connectivity index (χ3v) is 6.72. The zero-order chi connectivity index (χ0) is 21.6. The number of ether oxygens (including phenoxy) is 1. The number of hydrogen-bond donors (Lipinski definition) is 1. The third kappa shape index (κ3) is 5.58. The predicted molar refractivity (Wildman–Crippen MR) is 124 cm³/mol. The molecule has 7 heteroatoms. The van der Waals surface area contributed by atoms with Gasteiger partial charge in [0.2, 0.25) is 0 Å². The summed E-state index contributed by atoms with van der Waals surface area (Å²) in [5.74, 6) is 3.23. The van der Waals surface area contributed by atoms with Gasteiger partial charge in [-0.05, 0) is 61.5 Å². The van der Waals surface area contributed by atoms with Crippen LogP contribution in [0.15, 0.2) is 41.7 Å². The first-order valence-electron chi connectivity index (χ1n) is 11.4. The summed E-state index contributed by atoms with van der Waals surface area (Å²) in [5.41, 5.74) is 2.69. The van der Waals surface area contributed by atoms with Crippen LogP contribution in [0.1, 0.15) is 36.3 Å². The molecule has 2 aromatic rings.